The van der Waals surface area contributed by atoms with Gasteiger partial charge in [-0.3, -0.25) is 19.7 Å². The lowest BCUT2D eigenvalue weighted by Gasteiger charge is -2.16. The Balaban J connectivity index is 1.97. The van der Waals surface area contributed by atoms with Gasteiger partial charge in [-0.05, 0) is 31.2 Å². The molecule has 0 atom stereocenters. The second kappa shape index (κ2) is 10.2. The summed E-state index contributed by atoms with van der Waals surface area (Å²) in [4.78, 5) is 35.6. The molecule has 1 aromatic heterocycles. The van der Waals surface area contributed by atoms with Gasteiger partial charge in [-0.1, -0.05) is 0 Å². The number of ether oxygens (including phenoxy) is 2. The molecule has 0 aliphatic heterocycles. The van der Waals surface area contributed by atoms with E-state index in [1.807, 2.05) is 0 Å². The van der Waals surface area contributed by atoms with Crippen molar-refractivity contribution < 1.29 is 41.6 Å². The van der Waals surface area contributed by atoms with Crippen LogP contribution in [0, 0.1) is 10.1 Å². The van der Waals surface area contributed by atoms with Gasteiger partial charge in [-0.25, -0.2) is 0 Å². The smallest absolute Gasteiger partial charge is 0.418 e. The Morgan fingerprint density at radius 3 is 2.40 bits per heavy atom. The maximum atomic E-state index is 13.7. The Kier molecular flexibility index (Phi) is 7.28. The minimum atomic E-state index is -4.93. The van der Waals surface area contributed by atoms with Crippen LogP contribution in [0.15, 0.2) is 53.3 Å². The first-order valence-corrected chi connectivity index (χ1v) is 9.90. The van der Waals surface area contributed by atoms with Gasteiger partial charge in [0.05, 0.1) is 47.8 Å². The van der Waals surface area contributed by atoms with Crippen LogP contribution < -0.4 is 20.1 Å². The van der Waals surface area contributed by atoms with Gasteiger partial charge in [0.1, 0.15) is 11.8 Å². The quantitative estimate of drug-likeness (QED) is 0.329. The first-order valence-electron chi connectivity index (χ1n) is 9.90. The highest BCUT2D eigenvalue weighted by Crippen LogP contribution is 2.38. The molecule has 0 radical (unpaired) electrons. The largest absolute Gasteiger partial charge is 0.493 e. The van der Waals surface area contributed by atoms with Crippen LogP contribution in [0.1, 0.15) is 33.2 Å². The molecule has 2 N–H and O–H groups in total. The van der Waals surface area contributed by atoms with Gasteiger partial charge in [0.25, 0.3) is 17.5 Å². The lowest BCUT2D eigenvalue weighted by atomic mass is 10.1. The van der Waals surface area contributed by atoms with E-state index in [9.17, 15) is 32.9 Å². The third kappa shape index (κ3) is 5.69. The molecule has 35 heavy (non-hydrogen) atoms. The van der Waals surface area contributed by atoms with Crippen LogP contribution in [0.5, 0.6) is 11.5 Å². The van der Waals surface area contributed by atoms with Crippen molar-refractivity contribution >= 4 is 28.9 Å². The van der Waals surface area contributed by atoms with Crippen LogP contribution in [-0.2, 0) is 6.18 Å². The van der Waals surface area contributed by atoms with Crippen molar-refractivity contribution in [3.63, 3.8) is 0 Å². The summed E-state index contributed by atoms with van der Waals surface area (Å²) in [5, 5.41) is 15.8. The van der Waals surface area contributed by atoms with Crippen LogP contribution in [0.2, 0.25) is 0 Å². The first kappa shape index (κ1) is 25.1. The number of carbonyl (C=O) groups is 2. The number of halogens is 3. The highest BCUT2D eigenvalue weighted by molar-refractivity contribution is 6.08. The average Bonchev–Trinajstić information content (AvgIpc) is 3.34. The van der Waals surface area contributed by atoms with E-state index in [4.69, 9.17) is 13.9 Å². The summed E-state index contributed by atoms with van der Waals surface area (Å²) in [6, 6.07) is 5.97. The van der Waals surface area contributed by atoms with Crippen LogP contribution in [0.3, 0.4) is 0 Å². The number of nitrogens with zero attached hydrogens (tertiary/aromatic N) is 1. The normalized spacial score (nSPS) is 11.0. The van der Waals surface area contributed by atoms with Crippen LogP contribution >= 0.6 is 0 Å². The number of nitro groups is 1. The van der Waals surface area contributed by atoms with E-state index in [2.05, 4.69) is 10.6 Å². The fourth-order valence-corrected chi connectivity index (χ4v) is 3.06. The maximum absolute atomic E-state index is 13.7. The number of hydrogen-bond acceptors (Lipinski definition) is 7. The summed E-state index contributed by atoms with van der Waals surface area (Å²) in [6.45, 7) is 1.77. The molecule has 0 fully saturated rings. The van der Waals surface area contributed by atoms with Gasteiger partial charge in [0, 0.05) is 11.8 Å². The minimum absolute atomic E-state index is 0.000832. The maximum Gasteiger partial charge on any atom is 0.418 e. The standard InChI is InChI=1S/C22H18F3N3O7/c1-3-35-19-9-14(17(28(31)32)10-18(19)33-2)21(30)27-16-5-4-13(8-15(16)22(23,24)25)26-20(29)12-6-7-34-11-12/h4-11H,3H2,1-2H3,(H,26,29)(H,27,30). The predicted molar refractivity (Wildman–Crippen MR) is 117 cm³/mol. The Morgan fingerprint density at radius 2 is 1.83 bits per heavy atom. The molecule has 3 aromatic rings. The lowest BCUT2D eigenvalue weighted by Crippen LogP contribution is -2.19. The number of furan rings is 1. The van der Waals surface area contributed by atoms with Gasteiger partial charge in [0.2, 0.25) is 0 Å². The molecule has 0 aliphatic rings. The Labute approximate surface area is 195 Å². The summed E-state index contributed by atoms with van der Waals surface area (Å²) >= 11 is 0. The summed E-state index contributed by atoms with van der Waals surface area (Å²) in [6.07, 6.45) is -2.59. The molecular weight excluding hydrogens is 475 g/mol. The predicted octanol–water partition coefficient (Wildman–Crippen LogP) is 5.12. The molecule has 2 amide bonds. The number of rotatable bonds is 8. The molecule has 0 bridgehead atoms. The van der Waals surface area contributed by atoms with E-state index in [-0.39, 0.29) is 29.4 Å². The molecule has 0 saturated carbocycles. The molecule has 0 unspecified atom stereocenters. The van der Waals surface area contributed by atoms with E-state index in [1.165, 1.54) is 19.4 Å². The summed E-state index contributed by atoms with van der Waals surface area (Å²) in [5.41, 5.74) is -3.29. The van der Waals surface area contributed by atoms with Gasteiger partial charge in [-0.15, -0.1) is 0 Å². The number of benzene rings is 2. The average molecular weight is 493 g/mol. The summed E-state index contributed by atoms with van der Waals surface area (Å²) in [7, 11) is 1.24. The summed E-state index contributed by atoms with van der Waals surface area (Å²) < 4.78 is 56.3. The highest BCUT2D eigenvalue weighted by atomic mass is 19.4. The SMILES string of the molecule is CCOc1cc(C(=O)Nc2ccc(NC(=O)c3ccoc3)cc2C(F)(F)F)c([N+](=O)[O-])cc1OC. The molecule has 184 valence electrons. The van der Waals surface area contributed by atoms with Gasteiger partial charge in [0.15, 0.2) is 11.5 Å². The third-order valence-electron chi connectivity index (χ3n) is 4.64. The van der Waals surface area contributed by atoms with E-state index in [0.717, 1.165) is 30.5 Å². The monoisotopic (exact) mass is 493 g/mol. The Morgan fingerprint density at radius 1 is 1.09 bits per heavy atom. The molecule has 2 aromatic carbocycles. The van der Waals surface area contributed by atoms with Gasteiger partial charge in [-0.2, -0.15) is 13.2 Å². The number of alkyl halides is 3. The van der Waals surface area contributed by atoms with Crippen molar-refractivity contribution in [3.8, 4) is 11.5 Å². The molecule has 13 heteroatoms. The van der Waals surface area contributed by atoms with Crippen molar-refractivity contribution in [2.24, 2.45) is 0 Å². The van der Waals surface area contributed by atoms with Crippen LogP contribution in [0.4, 0.5) is 30.2 Å². The molecule has 1 heterocycles. The number of carbonyl (C=O) groups excluding carboxylic acids is 2. The number of nitro benzene ring substituents is 1. The van der Waals surface area contributed by atoms with Gasteiger partial charge >= 0.3 is 6.18 Å². The first-order chi connectivity index (χ1) is 16.5. The fraction of sp³-hybridized carbons (Fsp3) is 0.182. The molecule has 10 nitrogen and oxygen atoms in total. The van der Waals surface area contributed by atoms with Crippen LogP contribution in [0.25, 0.3) is 0 Å². The van der Waals surface area contributed by atoms with Crippen LogP contribution in [-0.4, -0.2) is 30.5 Å². The van der Waals surface area contributed by atoms with Crippen molar-refractivity contribution in [1.82, 2.24) is 0 Å². The van der Waals surface area contributed by atoms with Crippen molar-refractivity contribution in [1.29, 1.82) is 0 Å². The third-order valence-corrected chi connectivity index (χ3v) is 4.64. The second-order valence-corrected chi connectivity index (χ2v) is 6.89. The zero-order valence-electron chi connectivity index (χ0n) is 18.3. The Hall–Kier alpha value is -4.55. The topological polar surface area (TPSA) is 133 Å². The number of hydrogen-bond donors (Lipinski definition) is 2. The zero-order chi connectivity index (χ0) is 25.8. The molecule has 3 rings (SSSR count). The van der Waals surface area contributed by atoms with E-state index >= 15 is 0 Å². The second-order valence-electron chi connectivity index (χ2n) is 6.89. The lowest BCUT2D eigenvalue weighted by molar-refractivity contribution is -0.385. The fourth-order valence-electron chi connectivity index (χ4n) is 3.06. The highest BCUT2D eigenvalue weighted by Gasteiger charge is 2.35. The van der Waals surface area contributed by atoms with Crippen molar-refractivity contribution in [2.45, 2.75) is 13.1 Å². The number of methoxy groups -OCH3 is 1. The minimum Gasteiger partial charge on any atom is -0.493 e. The zero-order valence-corrected chi connectivity index (χ0v) is 18.3. The van der Waals surface area contributed by atoms with E-state index < -0.39 is 45.4 Å². The van der Waals surface area contributed by atoms with E-state index in [0.29, 0.717) is 6.07 Å². The van der Waals surface area contributed by atoms with E-state index in [1.54, 1.807) is 6.92 Å². The van der Waals surface area contributed by atoms with Gasteiger partial charge < -0.3 is 24.5 Å². The molecule has 0 aliphatic carbocycles. The Bertz CT molecular complexity index is 1260. The van der Waals surface area contributed by atoms with Crippen molar-refractivity contribution in [3.05, 3.63) is 75.7 Å². The summed E-state index contributed by atoms with van der Waals surface area (Å²) in [5.74, 6) is -1.91. The molecule has 0 saturated heterocycles. The number of anilines is 2. The molecule has 0 spiro atoms. The molecular formula is C22H18F3N3O7. The van der Waals surface area contributed by atoms with Crippen molar-refractivity contribution in [2.75, 3.05) is 24.4 Å². The number of nitrogens with one attached hydrogen (secondary N) is 2. The number of amides is 2.